The molecule has 19 heavy (non-hydrogen) atoms. The number of aliphatic hydroxyl groups excluding tert-OH is 1. The molecule has 0 aliphatic carbocycles. The Morgan fingerprint density at radius 2 is 2.42 bits per heavy atom. The number of nitrogens with one attached hydrogen (secondary N) is 1. The first-order valence-corrected chi connectivity index (χ1v) is 7.35. The van der Waals surface area contributed by atoms with Gasteiger partial charge in [-0.25, -0.2) is 0 Å². The molecule has 2 rings (SSSR count). The van der Waals surface area contributed by atoms with E-state index in [4.69, 9.17) is 5.73 Å². The van der Waals surface area contributed by atoms with Gasteiger partial charge < -0.3 is 21.1 Å². The molecule has 0 aromatic heterocycles. The monoisotopic (exact) mass is 281 g/mol. The number of nitrogens with two attached hydrogens (primary N) is 1. The number of hydrogen-bond donors (Lipinski definition) is 3. The first-order valence-electron chi connectivity index (χ1n) is 6.31. The van der Waals surface area contributed by atoms with Gasteiger partial charge in [-0.05, 0) is 23.6 Å². The number of rotatable bonds is 6. The normalized spacial score (nSPS) is 18.6. The molecule has 4 N–H and O–H groups in total. The first-order chi connectivity index (χ1) is 9.30. The summed E-state index contributed by atoms with van der Waals surface area (Å²) in [6.45, 7) is 1.48. The number of hydrogen-bond acceptors (Lipinski definition) is 5. The van der Waals surface area contributed by atoms with Crippen molar-refractivity contribution in [3.63, 3.8) is 0 Å². The Morgan fingerprint density at radius 3 is 3.11 bits per heavy atom. The molecule has 104 valence electrons. The molecule has 0 bridgehead atoms. The zero-order valence-electron chi connectivity index (χ0n) is 10.7. The van der Waals surface area contributed by atoms with Crippen LogP contribution < -0.4 is 16.0 Å². The average Bonchev–Trinajstić information content (AvgIpc) is 2.87. The maximum absolute atomic E-state index is 10.6. The van der Waals surface area contributed by atoms with E-state index in [0.29, 0.717) is 13.0 Å². The summed E-state index contributed by atoms with van der Waals surface area (Å²) in [7, 11) is 0. The van der Waals surface area contributed by atoms with E-state index in [1.807, 2.05) is 18.2 Å². The van der Waals surface area contributed by atoms with Gasteiger partial charge in [-0.15, -0.1) is 11.8 Å². The predicted octanol–water partition coefficient (Wildman–Crippen LogP) is 0.263. The topological polar surface area (TPSA) is 78.6 Å². The van der Waals surface area contributed by atoms with Crippen LogP contribution in [0.15, 0.2) is 18.2 Å². The number of aliphatic hydroxyl groups is 1. The molecule has 5 nitrogen and oxygen atoms in total. The maximum atomic E-state index is 10.6. The third kappa shape index (κ3) is 3.20. The number of nitrogens with zero attached hydrogens (tertiary/aromatic N) is 1. The van der Waals surface area contributed by atoms with E-state index in [-0.39, 0.29) is 12.1 Å². The lowest BCUT2D eigenvalue weighted by Gasteiger charge is -2.27. The third-order valence-corrected chi connectivity index (χ3v) is 4.30. The molecule has 1 heterocycles. The van der Waals surface area contributed by atoms with Crippen LogP contribution in [0.2, 0.25) is 0 Å². The molecule has 1 fully saturated rings. The highest BCUT2D eigenvalue weighted by molar-refractivity contribution is 8.00. The van der Waals surface area contributed by atoms with Crippen molar-refractivity contribution in [1.82, 2.24) is 5.32 Å². The summed E-state index contributed by atoms with van der Waals surface area (Å²) in [5, 5.41) is 12.0. The van der Waals surface area contributed by atoms with Crippen LogP contribution in [0.3, 0.4) is 0 Å². The van der Waals surface area contributed by atoms with E-state index >= 15 is 0 Å². The molecule has 1 unspecified atom stereocenters. The van der Waals surface area contributed by atoms with E-state index in [9.17, 15) is 9.90 Å². The Labute approximate surface area is 117 Å². The van der Waals surface area contributed by atoms with Gasteiger partial charge in [0.2, 0.25) is 6.41 Å². The standard InChI is InChI=1S/C13H19N3O2S/c14-8-10-1-2-12(11(7-10)3-5-17)16-4-6-19-13(16)15-9-18/h1-2,7,9,13,17H,3-6,8,14H2,(H,15,18). The smallest absolute Gasteiger partial charge is 0.209 e. The average molecular weight is 281 g/mol. The highest BCUT2D eigenvalue weighted by atomic mass is 32.2. The van der Waals surface area contributed by atoms with Gasteiger partial charge in [-0.2, -0.15) is 0 Å². The molecule has 0 radical (unpaired) electrons. The van der Waals surface area contributed by atoms with Crippen molar-refractivity contribution >= 4 is 23.9 Å². The third-order valence-electron chi connectivity index (χ3n) is 3.17. The highest BCUT2D eigenvalue weighted by Crippen LogP contribution is 2.31. The molecular formula is C13H19N3O2S. The zero-order valence-corrected chi connectivity index (χ0v) is 11.5. The van der Waals surface area contributed by atoms with Crippen molar-refractivity contribution in [3.8, 4) is 0 Å². The highest BCUT2D eigenvalue weighted by Gasteiger charge is 2.26. The predicted molar refractivity (Wildman–Crippen MR) is 77.9 cm³/mol. The number of carbonyl (C=O) groups excluding carboxylic acids is 1. The van der Waals surface area contributed by atoms with Gasteiger partial charge in [0.1, 0.15) is 5.50 Å². The van der Waals surface area contributed by atoms with Crippen molar-refractivity contribution in [2.24, 2.45) is 5.73 Å². The summed E-state index contributed by atoms with van der Waals surface area (Å²) in [5.41, 5.74) is 8.82. The summed E-state index contributed by atoms with van der Waals surface area (Å²) < 4.78 is 0. The van der Waals surface area contributed by atoms with Crippen molar-refractivity contribution in [2.75, 3.05) is 23.8 Å². The molecule has 1 aliphatic heterocycles. The van der Waals surface area contributed by atoms with Crippen LogP contribution in [0.5, 0.6) is 0 Å². The zero-order chi connectivity index (χ0) is 13.7. The molecule has 6 heteroatoms. The minimum Gasteiger partial charge on any atom is -0.396 e. The van der Waals surface area contributed by atoms with Crippen LogP contribution in [0.4, 0.5) is 5.69 Å². The summed E-state index contributed by atoms with van der Waals surface area (Å²) in [6, 6.07) is 6.06. The fraction of sp³-hybridized carbons (Fsp3) is 0.462. The van der Waals surface area contributed by atoms with Crippen molar-refractivity contribution in [2.45, 2.75) is 18.5 Å². The summed E-state index contributed by atoms with van der Waals surface area (Å²) in [4.78, 5) is 12.8. The molecule has 1 saturated heterocycles. The van der Waals surface area contributed by atoms with Crippen LogP contribution in [-0.2, 0) is 17.8 Å². The summed E-state index contributed by atoms with van der Waals surface area (Å²) in [5.74, 6) is 0.975. The number of amides is 1. The largest absolute Gasteiger partial charge is 0.396 e. The molecule has 1 aromatic carbocycles. The molecule has 1 aromatic rings. The fourth-order valence-electron chi connectivity index (χ4n) is 2.28. The molecular weight excluding hydrogens is 262 g/mol. The first kappa shape index (κ1) is 14.2. The second-order valence-corrected chi connectivity index (χ2v) is 5.53. The van der Waals surface area contributed by atoms with E-state index in [2.05, 4.69) is 10.2 Å². The van der Waals surface area contributed by atoms with Gasteiger partial charge in [0.15, 0.2) is 0 Å². The van der Waals surface area contributed by atoms with Crippen LogP contribution in [-0.4, -0.2) is 35.9 Å². The minimum atomic E-state index is -0.0290. The second-order valence-electron chi connectivity index (χ2n) is 4.34. The van der Waals surface area contributed by atoms with Gasteiger partial charge in [0.25, 0.3) is 0 Å². The molecule has 1 atom stereocenters. The Bertz CT molecular complexity index is 442. The fourth-order valence-corrected chi connectivity index (χ4v) is 3.36. The van der Waals surface area contributed by atoms with E-state index < -0.39 is 0 Å². The van der Waals surface area contributed by atoms with Gasteiger partial charge in [0, 0.05) is 31.1 Å². The van der Waals surface area contributed by atoms with Crippen molar-refractivity contribution in [1.29, 1.82) is 0 Å². The number of carbonyl (C=O) groups is 1. The Hall–Kier alpha value is -1.24. The van der Waals surface area contributed by atoms with Crippen molar-refractivity contribution in [3.05, 3.63) is 29.3 Å². The Balaban J connectivity index is 2.29. The molecule has 0 spiro atoms. The van der Waals surface area contributed by atoms with Gasteiger partial charge >= 0.3 is 0 Å². The molecule has 1 aliphatic rings. The lowest BCUT2D eigenvalue weighted by Crippen LogP contribution is -2.39. The quantitative estimate of drug-likeness (QED) is 0.652. The van der Waals surface area contributed by atoms with Crippen molar-refractivity contribution < 1.29 is 9.90 Å². The lowest BCUT2D eigenvalue weighted by molar-refractivity contribution is -0.109. The van der Waals surface area contributed by atoms with Gasteiger partial charge in [0.05, 0.1) is 0 Å². The Morgan fingerprint density at radius 1 is 1.58 bits per heavy atom. The number of benzene rings is 1. The van der Waals surface area contributed by atoms with Crippen LogP contribution >= 0.6 is 11.8 Å². The van der Waals surface area contributed by atoms with Crippen LogP contribution in [0.1, 0.15) is 11.1 Å². The van der Waals surface area contributed by atoms with Gasteiger partial charge in [-0.3, -0.25) is 4.79 Å². The van der Waals surface area contributed by atoms with E-state index in [1.165, 1.54) is 0 Å². The maximum Gasteiger partial charge on any atom is 0.209 e. The van der Waals surface area contributed by atoms with Crippen LogP contribution in [0.25, 0.3) is 0 Å². The lowest BCUT2D eigenvalue weighted by atomic mass is 10.0. The second kappa shape index (κ2) is 6.79. The minimum absolute atomic E-state index is 0.0290. The van der Waals surface area contributed by atoms with E-state index in [0.717, 1.165) is 35.5 Å². The van der Waals surface area contributed by atoms with Crippen LogP contribution in [0, 0.1) is 0 Å². The van der Waals surface area contributed by atoms with Gasteiger partial charge in [-0.1, -0.05) is 12.1 Å². The molecule has 1 amide bonds. The summed E-state index contributed by atoms with van der Waals surface area (Å²) in [6.07, 6.45) is 1.33. The number of thioether (sulfide) groups is 1. The SMILES string of the molecule is NCc1ccc(N2CCSC2NC=O)c(CCO)c1. The summed E-state index contributed by atoms with van der Waals surface area (Å²) >= 11 is 1.70. The Kier molecular flexibility index (Phi) is 5.07. The number of anilines is 1. The van der Waals surface area contributed by atoms with E-state index in [1.54, 1.807) is 11.8 Å². The molecule has 0 saturated carbocycles.